The molecule has 0 bridgehead atoms. The molecule has 0 aliphatic rings. The largest absolute Gasteiger partial charge is 0.312 e. The fourth-order valence-electron chi connectivity index (χ4n) is 1.80. The third-order valence-corrected chi connectivity index (χ3v) is 3.30. The van der Waals surface area contributed by atoms with E-state index in [4.69, 9.17) is 23.2 Å². The molecule has 5 nitrogen and oxygen atoms in total. The molecule has 0 radical (unpaired) electrons. The normalized spacial score (nSPS) is 11.1. The number of benzene rings is 1. The summed E-state index contributed by atoms with van der Waals surface area (Å²) in [6.07, 6.45) is 2.98. The lowest BCUT2D eigenvalue weighted by Crippen LogP contribution is -2.04. The van der Waals surface area contributed by atoms with Crippen molar-refractivity contribution in [2.75, 3.05) is 0 Å². The standard InChI is InChI=1S/C12H8Cl2N4O/c13-8-2-1-7(10(14)3-8)4-18-5-9-11(17-18)15-6-16-12(9)19/h1-3,5-6H,4H2,(H,15,16,17,19). The highest BCUT2D eigenvalue weighted by Crippen LogP contribution is 2.21. The first-order chi connectivity index (χ1) is 9.13. The molecule has 3 rings (SSSR count). The minimum Gasteiger partial charge on any atom is -0.312 e. The van der Waals surface area contributed by atoms with Gasteiger partial charge in [-0.15, -0.1) is 0 Å². The average Bonchev–Trinajstić information content (AvgIpc) is 2.77. The molecule has 1 N–H and O–H groups in total. The minimum absolute atomic E-state index is 0.210. The van der Waals surface area contributed by atoms with Gasteiger partial charge in [-0.05, 0) is 17.7 Å². The topological polar surface area (TPSA) is 63.6 Å². The highest BCUT2D eigenvalue weighted by atomic mass is 35.5. The molecular weight excluding hydrogens is 287 g/mol. The summed E-state index contributed by atoms with van der Waals surface area (Å²) >= 11 is 11.9. The van der Waals surface area contributed by atoms with Crippen LogP contribution >= 0.6 is 23.2 Å². The molecule has 0 spiro atoms. The summed E-state index contributed by atoms with van der Waals surface area (Å²) in [5.74, 6) is 0. The molecule has 0 saturated carbocycles. The van der Waals surface area contributed by atoms with Gasteiger partial charge < -0.3 is 4.98 Å². The summed E-state index contributed by atoms with van der Waals surface area (Å²) in [6, 6.07) is 5.26. The van der Waals surface area contributed by atoms with Gasteiger partial charge in [-0.2, -0.15) is 5.10 Å². The van der Waals surface area contributed by atoms with Crippen molar-refractivity contribution in [2.45, 2.75) is 6.54 Å². The molecule has 96 valence electrons. The Morgan fingerprint density at radius 1 is 1.32 bits per heavy atom. The van der Waals surface area contributed by atoms with Crippen LogP contribution in [0.5, 0.6) is 0 Å². The van der Waals surface area contributed by atoms with E-state index in [-0.39, 0.29) is 5.56 Å². The Labute approximate surface area is 117 Å². The van der Waals surface area contributed by atoms with Crippen LogP contribution in [0.3, 0.4) is 0 Å². The summed E-state index contributed by atoms with van der Waals surface area (Å²) in [5.41, 5.74) is 1.07. The summed E-state index contributed by atoms with van der Waals surface area (Å²) in [4.78, 5) is 18.1. The molecule has 0 amide bonds. The Kier molecular flexibility index (Phi) is 3.00. The fourth-order valence-corrected chi connectivity index (χ4v) is 2.27. The summed E-state index contributed by atoms with van der Waals surface area (Å²) in [5, 5.41) is 5.82. The van der Waals surface area contributed by atoms with E-state index in [1.807, 2.05) is 6.07 Å². The van der Waals surface area contributed by atoms with Gasteiger partial charge in [-0.1, -0.05) is 29.3 Å². The molecule has 3 aromatic rings. The maximum atomic E-state index is 11.6. The van der Waals surface area contributed by atoms with Gasteiger partial charge in [0.15, 0.2) is 5.65 Å². The fraction of sp³-hybridized carbons (Fsp3) is 0.0833. The van der Waals surface area contributed by atoms with Crippen molar-refractivity contribution >= 4 is 34.2 Å². The Morgan fingerprint density at radius 2 is 2.16 bits per heavy atom. The van der Waals surface area contributed by atoms with Gasteiger partial charge in [0.05, 0.1) is 12.9 Å². The average molecular weight is 295 g/mol. The van der Waals surface area contributed by atoms with Crippen LogP contribution in [0.15, 0.2) is 35.5 Å². The number of halogens is 2. The highest BCUT2D eigenvalue weighted by molar-refractivity contribution is 6.35. The van der Waals surface area contributed by atoms with Gasteiger partial charge in [-0.25, -0.2) is 4.98 Å². The van der Waals surface area contributed by atoms with Crippen molar-refractivity contribution in [1.29, 1.82) is 0 Å². The molecule has 0 atom stereocenters. The zero-order valence-electron chi connectivity index (χ0n) is 9.60. The van der Waals surface area contributed by atoms with E-state index >= 15 is 0 Å². The molecule has 2 aromatic heterocycles. The molecule has 2 heterocycles. The third-order valence-electron chi connectivity index (χ3n) is 2.72. The Balaban J connectivity index is 2.01. The molecule has 0 saturated heterocycles. The Hall–Kier alpha value is -1.85. The maximum Gasteiger partial charge on any atom is 0.261 e. The molecule has 0 aliphatic carbocycles. The van der Waals surface area contributed by atoms with Gasteiger partial charge >= 0.3 is 0 Å². The molecule has 0 unspecified atom stereocenters. The Bertz CT molecular complexity index is 809. The van der Waals surface area contributed by atoms with E-state index < -0.39 is 0 Å². The molecule has 0 fully saturated rings. The number of rotatable bonds is 2. The lowest BCUT2D eigenvalue weighted by Gasteiger charge is -2.04. The van der Waals surface area contributed by atoms with Crippen LogP contribution < -0.4 is 5.56 Å². The molecule has 1 aromatic carbocycles. The second-order valence-electron chi connectivity index (χ2n) is 4.03. The van der Waals surface area contributed by atoms with Crippen molar-refractivity contribution in [2.24, 2.45) is 0 Å². The van der Waals surface area contributed by atoms with Crippen LogP contribution in [0.4, 0.5) is 0 Å². The number of H-pyrrole nitrogens is 1. The van der Waals surface area contributed by atoms with Crippen LogP contribution in [0, 0.1) is 0 Å². The zero-order chi connectivity index (χ0) is 13.4. The summed E-state index contributed by atoms with van der Waals surface area (Å²) in [6.45, 7) is 0.450. The quantitative estimate of drug-likeness (QED) is 0.790. The third kappa shape index (κ3) is 2.34. The number of aromatic nitrogens is 4. The van der Waals surface area contributed by atoms with Crippen molar-refractivity contribution in [3.05, 3.63) is 56.7 Å². The smallest absolute Gasteiger partial charge is 0.261 e. The van der Waals surface area contributed by atoms with Crippen LogP contribution in [0.25, 0.3) is 11.0 Å². The number of hydrogen-bond acceptors (Lipinski definition) is 3. The number of hydrogen-bond donors (Lipinski definition) is 1. The lowest BCUT2D eigenvalue weighted by atomic mass is 10.2. The van der Waals surface area contributed by atoms with Crippen molar-refractivity contribution in [1.82, 2.24) is 19.7 Å². The van der Waals surface area contributed by atoms with Crippen LogP contribution in [0.1, 0.15) is 5.56 Å². The summed E-state index contributed by atoms with van der Waals surface area (Å²) in [7, 11) is 0. The van der Waals surface area contributed by atoms with Gasteiger partial charge in [-0.3, -0.25) is 9.48 Å². The van der Waals surface area contributed by atoms with E-state index in [1.54, 1.807) is 23.0 Å². The van der Waals surface area contributed by atoms with Crippen molar-refractivity contribution in [3.8, 4) is 0 Å². The van der Waals surface area contributed by atoms with E-state index in [1.165, 1.54) is 6.33 Å². The number of nitrogens with one attached hydrogen (secondary N) is 1. The van der Waals surface area contributed by atoms with Crippen molar-refractivity contribution in [3.63, 3.8) is 0 Å². The maximum absolute atomic E-state index is 11.6. The van der Waals surface area contributed by atoms with E-state index in [0.717, 1.165) is 5.56 Å². The monoisotopic (exact) mass is 294 g/mol. The number of nitrogens with zero attached hydrogens (tertiary/aromatic N) is 3. The van der Waals surface area contributed by atoms with Gasteiger partial charge in [0, 0.05) is 16.2 Å². The summed E-state index contributed by atoms with van der Waals surface area (Å²) < 4.78 is 1.63. The Morgan fingerprint density at radius 3 is 2.89 bits per heavy atom. The van der Waals surface area contributed by atoms with Crippen LogP contribution in [0.2, 0.25) is 10.0 Å². The van der Waals surface area contributed by atoms with Gasteiger partial charge in [0.1, 0.15) is 5.39 Å². The van der Waals surface area contributed by atoms with Crippen LogP contribution in [-0.4, -0.2) is 19.7 Å². The van der Waals surface area contributed by atoms with E-state index in [0.29, 0.717) is 27.6 Å². The predicted molar refractivity (Wildman–Crippen MR) is 73.7 cm³/mol. The number of aromatic amines is 1. The SMILES string of the molecule is O=c1[nH]cnc2nn(Cc3ccc(Cl)cc3Cl)cc12. The first-order valence-corrected chi connectivity index (χ1v) is 6.24. The molecular formula is C12H8Cl2N4O. The van der Waals surface area contributed by atoms with E-state index in [2.05, 4.69) is 15.1 Å². The highest BCUT2D eigenvalue weighted by Gasteiger charge is 2.07. The first kappa shape index (κ1) is 12.2. The van der Waals surface area contributed by atoms with Gasteiger partial charge in [0.2, 0.25) is 0 Å². The molecule has 0 aliphatic heterocycles. The molecule has 19 heavy (non-hydrogen) atoms. The zero-order valence-corrected chi connectivity index (χ0v) is 11.1. The first-order valence-electron chi connectivity index (χ1n) is 5.48. The van der Waals surface area contributed by atoms with Crippen LogP contribution in [-0.2, 0) is 6.54 Å². The predicted octanol–water partition coefficient (Wildman–Crippen LogP) is 2.47. The second kappa shape index (κ2) is 4.68. The molecule has 7 heteroatoms. The van der Waals surface area contributed by atoms with Crippen molar-refractivity contribution < 1.29 is 0 Å². The lowest BCUT2D eigenvalue weighted by molar-refractivity contribution is 0.693. The number of fused-ring (bicyclic) bond motifs is 1. The minimum atomic E-state index is -0.210. The van der Waals surface area contributed by atoms with Gasteiger partial charge in [0.25, 0.3) is 5.56 Å². The second-order valence-corrected chi connectivity index (χ2v) is 4.87. The van der Waals surface area contributed by atoms with E-state index in [9.17, 15) is 4.79 Å².